The minimum atomic E-state index is -0.114. The first-order valence-corrected chi connectivity index (χ1v) is 8.43. The Bertz CT molecular complexity index is 515. The van der Waals surface area contributed by atoms with Crippen molar-refractivity contribution in [2.45, 2.75) is 37.4 Å². The van der Waals surface area contributed by atoms with Gasteiger partial charge in [-0.25, -0.2) is 4.98 Å². The van der Waals surface area contributed by atoms with Crippen LogP contribution in [0.2, 0.25) is 0 Å². The Morgan fingerprint density at radius 2 is 2.24 bits per heavy atom. The zero-order valence-corrected chi connectivity index (χ0v) is 13.4. The van der Waals surface area contributed by atoms with Gasteiger partial charge in [-0.2, -0.15) is 0 Å². The Morgan fingerprint density at radius 1 is 1.43 bits per heavy atom. The summed E-state index contributed by atoms with van der Waals surface area (Å²) >= 11 is 1.57. The molecule has 6 nitrogen and oxygen atoms in total. The lowest BCUT2D eigenvalue weighted by Gasteiger charge is -2.19. The zero-order chi connectivity index (χ0) is 15.2. The van der Waals surface area contributed by atoms with E-state index in [0.717, 1.165) is 30.1 Å². The van der Waals surface area contributed by atoms with E-state index < -0.39 is 0 Å². The fourth-order valence-corrected chi connectivity index (χ4v) is 2.95. The molecule has 1 aromatic heterocycles. The second-order valence-corrected chi connectivity index (χ2v) is 5.97. The first-order chi connectivity index (χ1) is 10.1. The number of rotatable bonds is 5. The molecule has 7 heteroatoms. The molecule has 1 aliphatic rings. The summed E-state index contributed by atoms with van der Waals surface area (Å²) in [5.74, 6) is -0.0231. The van der Waals surface area contributed by atoms with Crippen molar-refractivity contribution in [1.29, 1.82) is 0 Å². The summed E-state index contributed by atoms with van der Waals surface area (Å²) in [5.41, 5.74) is 0.954. The quantitative estimate of drug-likeness (QED) is 0.829. The standard InChI is InChI=1S/C14H22N4O2S/c1-17-11(9-16-14(17)21-2)8-15-12(19)10-18-7-5-3-4-6-13(18)20/h9H,3-8,10H2,1-2H3,(H,15,19). The summed E-state index contributed by atoms with van der Waals surface area (Å²) in [7, 11) is 1.93. The third-order valence-electron chi connectivity index (χ3n) is 3.70. The van der Waals surface area contributed by atoms with Gasteiger partial charge in [0.2, 0.25) is 11.8 Å². The van der Waals surface area contributed by atoms with Crippen molar-refractivity contribution < 1.29 is 9.59 Å². The van der Waals surface area contributed by atoms with Gasteiger partial charge >= 0.3 is 0 Å². The van der Waals surface area contributed by atoms with Crippen LogP contribution in [0.1, 0.15) is 31.4 Å². The number of nitrogens with one attached hydrogen (secondary N) is 1. The zero-order valence-electron chi connectivity index (χ0n) is 12.6. The smallest absolute Gasteiger partial charge is 0.239 e. The number of hydrogen-bond acceptors (Lipinski definition) is 4. The Balaban J connectivity index is 1.84. The van der Waals surface area contributed by atoms with Crippen molar-refractivity contribution in [3.8, 4) is 0 Å². The van der Waals surface area contributed by atoms with Crippen LogP contribution in [0.3, 0.4) is 0 Å². The maximum Gasteiger partial charge on any atom is 0.239 e. The van der Waals surface area contributed by atoms with Crippen LogP contribution < -0.4 is 5.32 Å². The molecule has 1 N–H and O–H groups in total. The molecule has 0 spiro atoms. The summed E-state index contributed by atoms with van der Waals surface area (Å²) in [5, 5.41) is 3.78. The largest absolute Gasteiger partial charge is 0.349 e. The SMILES string of the molecule is CSc1ncc(CNC(=O)CN2CCCCCC2=O)n1C. The van der Waals surface area contributed by atoms with E-state index >= 15 is 0 Å². The van der Waals surface area contributed by atoms with Crippen LogP contribution in [0.15, 0.2) is 11.4 Å². The van der Waals surface area contributed by atoms with Gasteiger partial charge in [0.25, 0.3) is 0 Å². The highest BCUT2D eigenvalue weighted by molar-refractivity contribution is 7.98. The summed E-state index contributed by atoms with van der Waals surface area (Å²) in [4.78, 5) is 29.8. The molecule has 0 unspecified atom stereocenters. The molecule has 2 heterocycles. The van der Waals surface area contributed by atoms with E-state index in [9.17, 15) is 9.59 Å². The number of carbonyl (C=O) groups excluding carboxylic acids is 2. The van der Waals surface area contributed by atoms with Gasteiger partial charge in [-0.15, -0.1) is 0 Å². The molecule has 0 saturated carbocycles. The van der Waals surface area contributed by atoms with E-state index in [2.05, 4.69) is 10.3 Å². The molecule has 2 amide bonds. The number of carbonyl (C=O) groups is 2. The van der Waals surface area contributed by atoms with Gasteiger partial charge in [-0.1, -0.05) is 18.2 Å². The summed E-state index contributed by atoms with van der Waals surface area (Å²) in [6, 6.07) is 0. The van der Waals surface area contributed by atoms with Crippen molar-refractivity contribution in [3.05, 3.63) is 11.9 Å². The molecule has 0 bridgehead atoms. The van der Waals surface area contributed by atoms with Crippen LogP contribution in [0.5, 0.6) is 0 Å². The number of nitrogens with zero attached hydrogens (tertiary/aromatic N) is 3. The van der Waals surface area contributed by atoms with E-state index in [1.165, 1.54) is 0 Å². The second kappa shape index (κ2) is 7.49. The predicted molar refractivity (Wildman–Crippen MR) is 81.9 cm³/mol. The van der Waals surface area contributed by atoms with Crippen LogP contribution in [0, 0.1) is 0 Å². The topological polar surface area (TPSA) is 67.2 Å². The average molecular weight is 310 g/mol. The fraction of sp³-hybridized carbons (Fsp3) is 0.643. The average Bonchev–Trinajstić information content (AvgIpc) is 2.70. The molecule has 116 valence electrons. The van der Waals surface area contributed by atoms with Crippen molar-refractivity contribution >= 4 is 23.6 Å². The molecule has 1 fully saturated rings. The van der Waals surface area contributed by atoms with Crippen LogP contribution >= 0.6 is 11.8 Å². The molecule has 21 heavy (non-hydrogen) atoms. The molecule has 0 aliphatic carbocycles. The van der Waals surface area contributed by atoms with E-state index in [1.54, 1.807) is 22.9 Å². The molecule has 2 rings (SSSR count). The van der Waals surface area contributed by atoms with E-state index in [0.29, 0.717) is 19.5 Å². The fourth-order valence-electron chi connectivity index (χ4n) is 2.40. The van der Waals surface area contributed by atoms with Crippen molar-refractivity contribution in [2.24, 2.45) is 7.05 Å². The first-order valence-electron chi connectivity index (χ1n) is 7.21. The maximum atomic E-state index is 12.0. The monoisotopic (exact) mass is 310 g/mol. The van der Waals surface area contributed by atoms with Crippen LogP contribution in [0.4, 0.5) is 0 Å². The number of hydrogen-bond donors (Lipinski definition) is 1. The minimum absolute atomic E-state index is 0.0906. The third-order valence-corrected chi connectivity index (χ3v) is 4.44. The van der Waals surface area contributed by atoms with E-state index in [1.807, 2.05) is 17.9 Å². The van der Waals surface area contributed by atoms with Gasteiger partial charge in [0.1, 0.15) is 0 Å². The highest BCUT2D eigenvalue weighted by Gasteiger charge is 2.19. The van der Waals surface area contributed by atoms with Crippen molar-refractivity contribution in [2.75, 3.05) is 19.3 Å². The van der Waals surface area contributed by atoms with Gasteiger partial charge < -0.3 is 14.8 Å². The van der Waals surface area contributed by atoms with Crippen molar-refractivity contribution in [3.63, 3.8) is 0 Å². The Morgan fingerprint density at radius 3 is 2.95 bits per heavy atom. The van der Waals surface area contributed by atoms with E-state index in [-0.39, 0.29) is 18.4 Å². The number of likely N-dealkylation sites (tertiary alicyclic amines) is 1. The molecule has 1 saturated heterocycles. The minimum Gasteiger partial charge on any atom is -0.349 e. The lowest BCUT2D eigenvalue weighted by atomic mass is 10.2. The summed E-state index contributed by atoms with van der Waals surface area (Å²) in [6.45, 7) is 1.28. The predicted octanol–water partition coefficient (Wildman–Crippen LogP) is 1.16. The summed E-state index contributed by atoms with van der Waals surface area (Å²) < 4.78 is 1.96. The molecule has 0 radical (unpaired) electrons. The van der Waals surface area contributed by atoms with Crippen LogP contribution in [-0.2, 0) is 23.2 Å². The molecule has 0 aromatic carbocycles. The maximum absolute atomic E-state index is 12.0. The van der Waals surface area contributed by atoms with Gasteiger partial charge in [-0.05, 0) is 19.1 Å². The lowest BCUT2D eigenvalue weighted by molar-refractivity contribution is -0.135. The Labute approximate surface area is 129 Å². The Kier molecular flexibility index (Phi) is 5.67. The highest BCUT2D eigenvalue weighted by Crippen LogP contribution is 2.13. The Hall–Kier alpha value is -1.50. The molecule has 1 aromatic rings. The van der Waals surface area contributed by atoms with Crippen molar-refractivity contribution in [1.82, 2.24) is 19.8 Å². The normalized spacial score (nSPS) is 15.9. The van der Waals surface area contributed by atoms with Gasteiger partial charge in [-0.3, -0.25) is 9.59 Å². The number of aromatic nitrogens is 2. The molecular formula is C14H22N4O2S. The second-order valence-electron chi connectivity index (χ2n) is 5.20. The third kappa shape index (κ3) is 4.23. The highest BCUT2D eigenvalue weighted by atomic mass is 32.2. The number of thioether (sulfide) groups is 1. The summed E-state index contributed by atoms with van der Waals surface area (Å²) in [6.07, 6.45) is 7.28. The molecule has 1 aliphatic heterocycles. The lowest BCUT2D eigenvalue weighted by Crippen LogP contribution is -2.40. The first kappa shape index (κ1) is 15.9. The van der Waals surface area contributed by atoms with Crippen LogP contribution in [0.25, 0.3) is 0 Å². The molecular weight excluding hydrogens is 288 g/mol. The van der Waals surface area contributed by atoms with Gasteiger partial charge in [0.05, 0.1) is 25.0 Å². The van der Waals surface area contributed by atoms with Crippen LogP contribution in [-0.4, -0.2) is 45.6 Å². The number of imidazole rings is 1. The molecule has 0 atom stereocenters. The van der Waals surface area contributed by atoms with E-state index in [4.69, 9.17) is 0 Å². The van der Waals surface area contributed by atoms with Gasteiger partial charge in [0.15, 0.2) is 5.16 Å². The van der Waals surface area contributed by atoms with Gasteiger partial charge in [0, 0.05) is 20.0 Å². The number of amides is 2.